The van der Waals surface area contributed by atoms with Crippen molar-refractivity contribution in [3.63, 3.8) is 0 Å². The van der Waals surface area contributed by atoms with Gasteiger partial charge in [-0.15, -0.1) is 0 Å². The second kappa shape index (κ2) is 6.40. The van der Waals surface area contributed by atoms with Gasteiger partial charge in [0.05, 0.1) is 6.10 Å². The van der Waals surface area contributed by atoms with E-state index in [1.807, 2.05) is 20.8 Å². The molecule has 17 heavy (non-hydrogen) atoms. The summed E-state index contributed by atoms with van der Waals surface area (Å²) >= 11 is 0. The molecule has 0 unspecified atom stereocenters. The van der Waals surface area contributed by atoms with Gasteiger partial charge in [-0.1, -0.05) is 6.92 Å². The normalized spacial score (nSPS) is 18.4. The van der Waals surface area contributed by atoms with Gasteiger partial charge in [0.25, 0.3) is 0 Å². The fourth-order valence-corrected chi connectivity index (χ4v) is 2.29. The van der Waals surface area contributed by atoms with Crippen LogP contribution in [0.5, 0.6) is 0 Å². The van der Waals surface area contributed by atoms with Crippen molar-refractivity contribution in [1.82, 2.24) is 4.90 Å². The van der Waals surface area contributed by atoms with Gasteiger partial charge in [-0.05, 0) is 33.1 Å². The summed E-state index contributed by atoms with van der Waals surface area (Å²) in [6, 6.07) is 0. The largest absolute Gasteiger partial charge is 0.443 e. The van der Waals surface area contributed by atoms with E-state index in [-0.39, 0.29) is 11.7 Å². The molecule has 0 saturated carbocycles. The Morgan fingerprint density at radius 1 is 1.41 bits per heavy atom. The molecule has 1 saturated heterocycles. The highest BCUT2D eigenvalue weighted by Gasteiger charge is 2.28. The SMILES string of the molecule is CCC(C)(C)OC(=O)N1CCC(OC[SiH3])CC1. The third-order valence-corrected chi connectivity index (χ3v) is 3.65. The lowest BCUT2D eigenvalue weighted by atomic mass is 10.1. The number of likely N-dealkylation sites (tertiary alicyclic amines) is 1. The number of amides is 1. The van der Waals surface area contributed by atoms with Crippen molar-refractivity contribution in [2.45, 2.75) is 51.7 Å². The van der Waals surface area contributed by atoms with Gasteiger partial charge in [-0.25, -0.2) is 4.79 Å². The molecular formula is C12H25NO3Si. The zero-order valence-corrected chi connectivity index (χ0v) is 13.5. The Bertz CT molecular complexity index is 250. The second-order valence-corrected chi connectivity index (χ2v) is 5.70. The highest BCUT2D eigenvalue weighted by atomic mass is 28.1. The zero-order valence-electron chi connectivity index (χ0n) is 11.5. The molecule has 1 aliphatic rings. The minimum Gasteiger partial charge on any atom is -0.443 e. The maximum atomic E-state index is 11.9. The maximum absolute atomic E-state index is 11.9. The predicted molar refractivity (Wildman–Crippen MR) is 71.3 cm³/mol. The Hall–Kier alpha value is -0.553. The molecule has 0 N–H and O–H groups in total. The Morgan fingerprint density at radius 2 is 2.00 bits per heavy atom. The van der Waals surface area contributed by atoms with Gasteiger partial charge in [0.15, 0.2) is 0 Å². The molecule has 0 atom stereocenters. The van der Waals surface area contributed by atoms with Crippen LogP contribution in [-0.4, -0.2) is 52.3 Å². The van der Waals surface area contributed by atoms with Gasteiger partial charge in [0.2, 0.25) is 0 Å². The first-order chi connectivity index (χ1) is 7.98. The van der Waals surface area contributed by atoms with E-state index < -0.39 is 0 Å². The summed E-state index contributed by atoms with van der Waals surface area (Å²) in [5, 5.41) is 0. The first-order valence-corrected chi connectivity index (χ1v) is 7.99. The number of piperidine rings is 1. The van der Waals surface area contributed by atoms with Crippen molar-refractivity contribution >= 4 is 16.3 Å². The Labute approximate surface area is 107 Å². The highest BCUT2D eigenvalue weighted by Crippen LogP contribution is 2.19. The number of hydrogen-bond acceptors (Lipinski definition) is 3. The van der Waals surface area contributed by atoms with Gasteiger partial charge < -0.3 is 14.4 Å². The van der Waals surface area contributed by atoms with E-state index in [1.54, 1.807) is 4.90 Å². The van der Waals surface area contributed by atoms with Crippen molar-refractivity contribution in [2.75, 3.05) is 19.3 Å². The number of hydrogen-bond donors (Lipinski definition) is 0. The van der Waals surface area contributed by atoms with E-state index >= 15 is 0 Å². The quantitative estimate of drug-likeness (QED) is 0.710. The van der Waals surface area contributed by atoms with Crippen molar-refractivity contribution in [2.24, 2.45) is 0 Å². The smallest absolute Gasteiger partial charge is 0.410 e. The molecular weight excluding hydrogens is 234 g/mol. The van der Waals surface area contributed by atoms with Crippen LogP contribution in [0.2, 0.25) is 0 Å². The topological polar surface area (TPSA) is 38.8 Å². The predicted octanol–water partition coefficient (Wildman–Crippen LogP) is 1.12. The third kappa shape index (κ3) is 4.67. The van der Waals surface area contributed by atoms with Crippen LogP contribution in [0.4, 0.5) is 4.79 Å². The number of carbonyl (C=O) groups excluding carboxylic acids is 1. The van der Waals surface area contributed by atoms with Gasteiger partial charge in [-0.2, -0.15) is 0 Å². The summed E-state index contributed by atoms with van der Waals surface area (Å²) in [5.41, 5.74) is -0.362. The average Bonchev–Trinajstić information content (AvgIpc) is 2.30. The molecule has 1 heterocycles. The summed E-state index contributed by atoms with van der Waals surface area (Å²) in [6.45, 7) is 7.43. The third-order valence-electron chi connectivity index (χ3n) is 3.32. The average molecular weight is 259 g/mol. The molecule has 0 spiro atoms. The highest BCUT2D eigenvalue weighted by molar-refractivity contribution is 6.08. The monoisotopic (exact) mass is 259 g/mol. The Morgan fingerprint density at radius 3 is 2.47 bits per heavy atom. The van der Waals surface area contributed by atoms with E-state index in [2.05, 4.69) is 0 Å². The van der Waals surface area contributed by atoms with Crippen LogP contribution in [0.25, 0.3) is 0 Å². The molecule has 5 heteroatoms. The van der Waals surface area contributed by atoms with Crippen LogP contribution in [0.3, 0.4) is 0 Å². The number of carbonyl (C=O) groups is 1. The standard InChI is InChI=1S/C12H25NO3Si/c1-4-12(2,3)16-11(14)13-7-5-10(6-8-13)15-9-17/h10H,4-9H2,1-3,17H3. The summed E-state index contributed by atoms with van der Waals surface area (Å²) < 4.78 is 11.1. The molecule has 1 aliphatic heterocycles. The van der Waals surface area contributed by atoms with E-state index in [1.165, 1.54) is 0 Å². The van der Waals surface area contributed by atoms with Crippen LogP contribution >= 0.6 is 0 Å². The molecule has 0 aromatic carbocycles. The van der Waals surface area contributed by atoms with Crippen molar-refractivity contribution < 1.29 is 14.3 Å². The summed E-state index contributed by atoms with van der Waals surface area (Å²) in [4.78, 5) is 13.7. The lowest BCUT2D eigenvalue weighted by Gasteiger charge is -2.34. The second-order valence-electron chi connectivity index (χ2n) is 5.12. The molecule has 1 amide bonds. The molecule has 0 aliphatic carbocycles. The van der Waals surface area contributed by atoms with E-state index in [0.29, 0.717) is 6.10 Å². The first kappa shape index (κ1) is 14.5. The molecule has 0 radical (unpaired) electrons. The molecule has 4 nitrogen and oxygen atoms in total. The van der Waals surface area contributed by atoms with E-state index in [0.717, 1.165) is 48.8 Å². The molecule has 0 aromatic rings. The summed E-state index contributed by atoms with van der Waals surface area (Å²) in [7, 11) is 1.08. The van der Waals surface area contributed by atoms with Crippen LogP contribution in [0, 0.1) is 0 Å². The summed E-state index contributed by atoms with van der Waals surface area (Å²) in [5.74, 6) is 0. The van der Waals surface area contributed by atoms with Gasteiger partial charge in [-0.3, -0.25) is 0 Å². The first-order valence-electron chi connectivity index (χ1n) is 6.58. The van der Waals surface area contributed by atoms with Gasteiger partial charge in [0, 0.05) is 29.6 Å². The van der Waals surface area contributed by atoms with Gasteiger partial charge in [0.1, 0.15) is 5.60 Å². The van der Waals surface area contributed by atoms with Crippen molar-refractivity contribution in [3.05, 3.63) is 0 Å². The molecule has 1 rings (SSSR count). The number of nitrogens with zero attached hydrogens (tertiary/aromatic N) is 1. The van der Waals surface area contributed by atoms with Crippen LogP contribution in [0.15, 0.2) is 0 Å². The van der Waals surface area contributed by atoms with E-state index in [9.17, 15) is 4.79 Å². The molecule has 0 bridgehead atoms. The molecule has 1 fully saturated rings. The lowest BCUT2D eigenvalue weighted by molar-refractivity contribution is -0.00948. The summed E-state index contributed by atoms with van der Waals surface area (Å²) in [6.07, 6.45) is 3.75. The number of ether oxygens (including phenoxy) is 2. The minimum absolute atomic E-state index is 0.179. The fourth-order valence-electron chi connectivity index (χ4n) is 1.81. The number of rotatable bonds is 4. The Balaban J connectivity index is 2.36. The van der Waals surface area contributed by atoms with Crippen LogP contribution in [-0.2, 0) is 9.47 Å². The van der Waals surface area contributed by atoms with Crippen LogP contribution in [0.1, 0.15) is 40.0 Å². The van der Waals surface area contributed by atoms with Crippen LogP contribution < -0.4 is 0 Å². The molecule has 100 valence electrons. The lowest BCUT2D eigenvalue weighted by Crippen LogP contribution is -2.44. The minimum atomic E-state index is -0.362. The van der Waals surface area contributed by atoms with Crippen molar-refractivity contribution in [1.29, 1.82) is 0 Å². The van der Waals surface area contributed by atoms with E-state index in [4.69, 9.17) is 9.47 Å². The maximum Gasteiger partial charge on any atom is 0.410 e. The van der Waals surface area contributed by atoms with Gasteiger partial charge >= 0.3 is 6.09 Å². The fraction of sp³-hybridized carbons (Fsp3) is 0.917. The van der Waals surface area contributed by atoms with Crippen molar-refractivity contribution in [3.8, 4) is 0 Å². The molecule has 0 aromatic heterocycles. The Kier molecular flexibility index (Phi) is 5.46. The zero-order chi connectivity index (χ0) is 12.9.